The van der Waals surface area contributed by atoms with Crippen LogP contribution in [0.1, 0.15) is 16.5 Å². The van der Waals surface area contributed by atoms with Crippen LogP contribution in [0.4, 0.5) is 4.79 Å². The van der Waals surface area contributed by atoms with E-state index in [9.17, 15) is 9.59 Å². The predicted octanol–water partition coefficient (Wildman–Crippen LogP) is 1.73. The van der Waals surface area contributed by atoms with Crippen molar-refractivity contribution in [1.82, 2.24) is 10.6 Å². The molecule has 7 heteroatoms. The Morgan fingerprint density at radius 3 is 2.86 bits per heavy atom. The number of amides is 2. The minimum atomic E-state index is -0.656. The standard InChI is InChI=1S/C14H18N2O4S/c1-8-4-7-21-12(8)11-10(9(2)15-14(18)16-11)13(17)20-6-5-19-3/h4,7,10-11H,2,5-6H2,1,3H3,(H2,15,16,18)/t10-,11+/m1/s1. The summed E-state index contributed by atoms with van der Waals surface area (Å²) in [6.45, 7) is 6.22. The first kappa shape index (κ1) is 15.5. The zero-order valence-corrected chi connectivity index (χ0v) is 12.8. The number of nitrogens with one attached hydrogen (secondary N) is 2. The molecule has 0 spiro atoms. The normalized spacial score (nSPS) is 21.6. The third-order valence-corrected chi connectivity index (χ3v) is 4.34. The van der Waals surface area contributed by atoms with Crippen molar-refractivity contribution in [3.8, 4) is 0 Å². The first-order valence-corrected chi connectivity index (χ1v) is 7.38. The molecular weight excluding hydrogens is 292 g/mol. The Hall–Kier alpha value is -1.86. The minimum absolute atomic E-state index is 0.170. The average molecular weight is 310 g/mol. The zero-order chi connectivity index (χ0) is 15.4. The molecule has 0 aliphatic carbocycles. The molecule has 0 aromatic carbocycles. The van der Waals surface area contributed by atoms with E-state index in [1.54, 1.807) is 0 Å². The monoisotopic (exact) mass is 310 g/mol. The van der Waals surface area contributed by atoms with Gasteiger partial charge in [0.05, 0.1) is 12.6 Å². The highest BCUT2D eigenvalue weighted by Gasteiger charge is 2.40. The number of carbonyl (C=O) groups excluding carboxylic acids is 2. The van der Waals surface area contributed by atoms with Gasteiger partial charge in [0.25, 0.3) is 0 Å². The Bertz CT molecular complexity index is 555. The Morgan fingerprint density at radius 2 is 2.24 bits per heavy atom. The summed E-state index contributed by atoms with van der Waals surface area (Å²) in [4.78, 5) is 24.9. The van der Waals surface area contributed by atoms with E-state index in [0.29, 0.717) is 12.3 Å². The molecule has 1 aliphatic heterocycles. The van der Waals surface area contributed by atoms with Crippen LogP contribution >= 0.6 is 11.3 Å². The van der Waals surface area contributed by atoms with E-state index >= 15 is 0 Å². The van der Waals surface area contributed by atoms with Gasteiger partial charge in [-0.25, -0.2) is 4.79 Å². The highest BCUT2D eigenvalue weighted by atomic mass is 32.1. The second-order valence-electron chi connectivity index (χ2n) is 4.71. The summed E-state index contributed by atoms with van der Waals surface area (Å²) in [6, 6.07) is 1.13. The second-order valence-corrected chi connectivity index (χ2v) is 5.65. The van der Waals surface area contributed by atoms with Gasteiger partial charge < -0.3 is 20.1 Å². The lowest BCUT2D eigenvalue weighted by Gasteiger charge is -2.32. The van der Waals surface area contributed by atoms with Crippen LogP contribution in [0.25, 0.3) is 0 Å². The van der Waals surface area contributed by atoms with Gasteiger partial charge in [0.1, 0.15) is 12.5 Å². The number of thiophene rings is 1. The van der Waals surface area contributed by atoms with Crippen LogP contribution in [-0.2, 0) is 14.3 Å². The highest BCUT2D eigenvalue weighted by molar-refractivity contribution is 7.10. The van der Waals surface area contributed by atoms with Gasteiger partial charge in [-0.05, 0) is 23.9 Å². The van der Waals surface area contributed by atoms with Crippen LogP contribution in [0.2, 0.25) is 0 Å². The average Bonchev–Trinajstić information content (AvgIpc) is 2.84. The number of urea groups is 1. The van der Waals surface area contributed by atoms with E-state index in [2.05, 4.69) is 17.2 Å². The summed E-state index contributed by atoms with van der Waals surface area (Å²) in [6.07, 6.45) is 0. The minimum Gasteiger partial charge on any atom is -0.463 e. The lowest BCUT2D eigenvalue weighted by atomic mass is 9.92. The van der Waals surface area contributed by atoms with Gasteiger partial charge in [0.15, 0.2) is 0 Å². The molecule has 21 heavy (non-hydrogen) atoms. The maximum Gasteiger partial charge on any atom is 0.319 e. The maximum atomic E-state index is 12.3. The molecule has 1 fully saturated rings. The molecule has 0 saturated carbocycles. The van der Waals surface area contributed by atoms with E-state index < -0.39 is 17.9 Å². The van der Waals surface area contributed by atoms with Crippen molar-refractivity contribution in [2.24, 2.45) is 5.92 Å². The van der Waals surface area contributed by atoms with Gasteiger partial charge in [-0.3, -0.25) is 4.79 Å². The van der Waals surface area contributed by atoms with Crippen LogP contribution in [-0.4, -0.2) is 32.3 Å². The zero-order valence-electron chi connectivity index (χ0n) is 12.0. The number of rotatable bonds is 5. The van der Waals surface area contributed by atoms with Crippen molar-refractivity contribution in [2.45, 2.75) is 13.0 Å². The van der Waals surface area contributed by atoms with Gasteiger partial charge >= 0.3 is 12.0 Å². The molecule has 2 rings (SSSR count). The van der Waals surface area contributed by atoms with Gasteiger partial charge in [-0.15, -0.1) is 11.3 Å². The summed E-state index contributed by atoms with van der Waals surface area (Å²) < 4.78 is 10.0. The van der Waals surface area contributed by atoms with Crippen molar-refractivity contribution >= 4 is 23.3 Å². The van der Waals surface area contributed by atoms with Crippen LogP contribution in [0.3, 0.4) is 0 Å². The number of aryl methyl sites for hydroxylation is 1. The van der Waals surface area contributed by atoms with E-state index in [1.165, 1.54) is 18.4 Å². The van der Waals surface area contributed by atoms with Gasteiger partial charge in [-0.1, -0.05) is 6.58 Å². The predicted molar refractivity (Wildman–Crippen MR) is 78.9 cm³/mol. The van der Waals surface area contributed by atoms with Crippen LogP contribution in [0, 0.1) is 12.8 Å². The number of hydrogen-bond donors (Lipinski definition) is 2. The molecular formula is C14H18N2O4S. The molecule has 1 aromatic heterocycles. The number of methoxy groups -OCH3 is 1. The molecule has 1 aliphatic rings. The summed E-state index contributed by atoms with van der Waals surface area (Å²) >= 11 is 1.49. The Labute approximate surface area is 127 Å². The molecule has 2 N–H and O–H groups in total. The molecule has 6 nitrogen and oxygen atoms in total. The summed E-state index contributed by atoms with van der Waals surface area (Å²) in [7, 11) is 1.53. The summed E-state index contributed by atoms with van der Waals surface area (Å²) in [5.41, 5.74) is 1.37. The largest absolute Gasteiger partial charge is 0.463 e. The van der Waals surface area contributed by atoms with Crippen molar-refractivity contribution in [1.29, 1.82) is 0 Å². The van der Waals surface area contributed by atoms with Gasteiger partial charge in [0, 0.05) is 17.7 Å². The third kappa shape index (κ3) is 3.43. The van der Waals surface area contributed by atoms with Crippen molar-refractivity contribution in [2.75, 3.05) is 20.3 Å². The first-order chi connectivity index (χ1) is 10.0. The Kier molecular flexibility index (Phi) is 4.98. The van der Waals surface area contributed by atoms with Crippen LogP contribution < -0.4 is 10.6 Å². The Morgan fingerprint density at radius 1 is 1.48 bits per heavy atom. The second kappa shape index (κ2) is 6.73. The number of esters is 1. The van der Waals surface area contributed by atoms with Crippen molar-refractivity contribution in [3.05, 3.63) is 34.2 Å². The number of ether oxygens (including phenoxy) is 2. The molecule has 2 heterocycles. The molecule has 1 aromatic rings. The Balaban J connectivity index is 2.21. The fourth-order valence-electron chi connectivity index (χ4n) is 2.20. The molecule has 1 saturated heterocycles. The molecule has 0 unspecified atom stereocenters. The topological polar surface area (TPSA) is 76.7 Å². The molecule has 0 bridgehead atoms. The van der Waals surface area contributed by atoms with Crippen LogP contribution in [0.15, 0.2) is 23.7 Å². The number of carbonyl (C=O) groups is 2. The molecule has 2 atom stereocenters. The van der Waals surface area contributed by atoms with Gasteiger partial charge in [0.2, 0.25) is 0 Å². The molecule has 114 valence electrons. The number of hydrogen-bond acceptors (Lipinski definition) is 5. The van der Waals surface area contributed by atoms with Crippen LogP contribution in [0.5, 0.6) is 0 Å². The highest BCUT2D eigenvalue weighted by Crippen LogP contribution is 2.34. The molecule has 2 amide bonds. The molecule has 0 radical (unpaired) electrons. The maximum absolute atomic E-state index is 12.3. The van der Waals surface area contributed by atoms with E-state index in [1.807, 2.05) is 18.4 Å². The summed E-state index contributed by atoms with van der Waals surface area (Å²) in [5.74, 6) is -1.08. The summed E-state index contributed by atoms with van der Waals surface area (Å²) in [5, 5.41) is 7.24. The SMILES string of the molecule is C=C1NC(=O)N[C@H](c2sccc2C)[C@@H]1C(=O)OCCOC. The third-order valence-electron chi connectivity index (χ3n) is 3.24. The lowest BCUT2D eigenvalue weighted by Crippen LogP contribution is -2.51. The quantitative estimate of drug-likeness (QED) is 0.641. The van der Waals surface area contributed by atoms with Gasteiger partial charge in [-0.2, -0.15) is 0 Å². The first-order valence-electron chi connectivity index (χ1n) is 6.50. The van der Waals surface area contributed by atoms with E-state index in [0.717, 1.165) is 10.4 Å². The van der Waals surface area contributed by atoms with Crippen molar-refractivity contribution < 1.29 is 19.1 Å². The smallest absolute Gasteiger partial charge is 0.319 e. The van der Waals surface area contributed by atoms with E-state index in [-0.39, 0.29) is 12.6 Å². The van der Waals surface area contributed by atoms with E-state index in [4.69, 9.17) is 9.47 Å². The van der Waals surface area contributed by atoms with Crippen molar-refractivity contribution in [3.63, 3.8) is 0 Å². The fraction of sp³-hybridized carbons (Fsp3) is 0.429. The fourth-order valence-corrected chi connectivity index (χ4v) is 3.21. The lowest BCUT2D eigenvalue weighted by molar-refractivity contribution is -0.149.